The van der Waals surface area contributed by atoms with E-state index in [4.69, 9.17) is 11.6 Å². The lowest BCUT2D eigenvalue weighted by Gasteiger charge is -2.00. The van der Waals surface area contributed by atoms with Gasteiger partial charge in [-0.05, 0) is 34.9 Å². The molecule has 82 valence electrons. The van der Waals surface area contributed by atoms with E-state index in [2.05, 4.69) is 0 Å². The number of ketones is 1. The van der Waals surface area contributed by atoms with Gasteiger partial charge >= 0.3 is 0 Å². The van der Waals surface area contributed by atoms with E-state index in [1.807, 2.05) is 18.2 Å². The Morgan fingerprint density at radius 2 is 1.53 bits per heavy atom. The van der Waals surface area contributed by atoms with Crippen molar-refractivity contribution in [2.75, 3.05) is 0 Å². The van der Waals surface area contributed by atoms with E-state index in [-0.39, 0.29) is 5.78 Å². The standard InChI is InChI=1S/C14H7ClO2/c15-14(17)8-5-6-10-9-3-1-2-4-11(9)13(16)12(10)7-8/h1-7H. The molecule has 0 heterocycles. The van der Waals surface area contributed by atoms with E-state index in [0.29, 0.717) is 16.7 Å². The second-order valence-electron chi connectivity index (χ2n) is 3.91. The first-order chi connectivity index (χ1) is 8.18. The molecule has 0 bridgehead atoms. The maximum atomic E-state index is 12.1. The molecule has 0 atom stereocenters. The smallest absolute Gasteiger partial charge is 0.252 e. The van der Waals surface area contributed by atoms with Crippen molar-refractivity contribution in [3.63, 3.8) is 0 Å². The summed E-state index contributed by atoms with van der Waals surface area (Å²) in [7, 11) is 0. The topological polar surface area (TPSA) is 34.1 Å². The molecule has 0 aromatic heterocycles. The molecular formula is C14H7ClO2. The summed E-state index contributed by atoms with van der Waals surface area (Å²) in [6.45, 7) is 0. The Bertz CT molecular complexity index is 659. The molecule has 0 amide bonds. The van der Waals surface area contributed by atoms with Crippen LogP contribution in [-0.2, 0) is 0 Å². The average molecular weight is 243 g/mol. The number of hydrogen-bond acceptors (Lipinski definition) is 2. The molecule has 0 spiro atoms. The quantitative estimate of drug-likeness (QED) is 0.614. The van der Waals surface area contributed by atoms with Crippen molar-refractivity contribution in [3.8, 4) is 11.1 Å². The zero-order chi connectivity index (χ0) is 12.0. The molecule has 0 saturated carbocycles. The van der Waals surface area contributed by atoms with Crippen molar-refractivity contribution in [1.82, 2.24) is 0 Å². The molecule has 17 heavy (non-hydrogen) atoms. The Morgan fingerprint density at radius 3 is 2.24 bits per heavy atom. The lowest BCUT2D eigenvalue weighted by atomic mass is 10.0. The SMILES string of the molecule is O=C(Cl)c1ccc2c(c1)C(=O)c1ccccc1-2. The molecule has 1 aliphatic rings. The molecule has 0 saturated heterocycles. The third-order valence-electron chi connectivity index (χ3n) is 2.95. The third kappa shape index (κ3) is 1.41. The molecule has 2 aromatic rings. The number of fused-ring (bicyclic) bond motifs is 3. The fourth-order valence-corrected chi connectivity index (χ4v) is 2.27. The summed E-state index contributed by atoms with van der Waals surface area (Å²) in [6, 6.07) is 12.4. The number of carbonyl (C=O) groups is 2. The zero-order valence-electron chi connectivity index (χ0n) is 8.74. The van der Waals surface area contributed by atoms with Crippen LogP contribution in [0.2, 0.25) is 0 Å². The van der Waals surface area contributed by atoms with Crippen molar-refractivity contribution in [3.05, 3.63) is 59.2 Å². The van der Waals surface area contributed by atoms with Gasteiger partial charge in [0.1, 0.15) is 0 Å². The van der Waals surface area contributed by atoms with Gasteiger partial charge in [-0.2, -0.15) is 0 Å². The molecule has 3 heteroatoms. The molecule has 3 rings (SSSR count). The fourth-order valence-electron chi connectivity index (χ4n) is 2.15. The van der Waals surface area contributed by atoms with Crippen LogP contribution in [0.5, 0.6) is 0 Å². The molecule has 2 aromatic carbocycles. The van der Waals surface area contributed by atoms with Crippen molar-refractivity contribution < 1.29 is 9.59 Å². The highest BCUT2D eigenvalue weighted by Crippen LogP contribution is 2.36. The number of hydrogen-bond donors (Lipinski definition) is 0. The van der Waals surface area contributed by atoms with Crippen molar-refractivity contribution in [2.24, 2.45) is 0 Å². The van der Waals surface area contributed by atoms with Gasteiger partial charge in [-0.25, -0.2) is 0 Å². The first-order valence-corrected chi connectivity index (χ1v) is 5.54. The summed E-state index contributed by atoms with van der Waals surface area (Å²) >= 11 is 5.41. The van der Waals surface area contributed by atoms with E-state index in [9.17, 15) is 9.59 Å². The number of benzene rings is 2. The van der Waals surface area contributed by atoms with E-state index < -0.39 is 5.24 Å². The highest BCUT2D eigenvalue weighted by molar-refractivity contribution is 6.67. The molecular weight excluding hydrogens is 236 g/mol. The van der Waals surface area contributed by atoms with Gasteiger partial charge in [0.2, 0.25) is 0 Å². The van der Waals surface area contributed by atoms with Gasteiger partial charge in [-0.1, -0.05) is 30.3 Å². The van der Waals surface area contributed by atoms with E-state index >= 15 is 0 Å². The Hall–Kier alpha value is -1.93. The minimum absolute atomic E-state index is 0.0460. The lowest BCUT2D eigenvalue weighted by Crippen LogP contribution is -1.97. The van der Waals surface area contributed by atoms with Crippen LogP contribution >= 0.6 is 11.6 Å². The van der Waals surface area contributed by atoms with Gasteiger partial charge in [0.05, 0.1) is 0 Å². The Morgan fingerprint density at radius 1 is 0.882 bits per heavy atom. The second-order valence-corrected chi connectivity index (χ2v) is 4.25. The lowest BCUT2D eigenvalue weighted by molar-refractivity contribution is 0.104. The first-order valence-electron chi connectivity index (χ1n) is 5.16. The predicted molar refractivity (Wildman–Crippen MR) is 65.5 cm³/mol. The van der Waals surface area contributed by atoms with Crippen molar-refractivity contribution in [1.29, 1.82) is 0 Å². The highest BCUT2D eigenvalue weighted by Gasteiger charge is 2.26. The van der Waals surface area contributed by atoms with Crippen LogP contribution in [0.3, 0.4) is 0 Å². The van der Waals surface area contributed by atoms with Crippen molar-refractivity contribution in [2.45, 2.75) is 0 Å². The highest BCUT2D eigenvalue weighted by atomic mass is 35.5. The summed E-state index contributed by atoms with van der Waals surface area (Å²) < 4.78 is 0. The van der Waals surface area contributed by atoms with Gasteiger partial charge in [-0.15, -0.1) is 0 Å². The van der Waals surface area contributed by atoms with Crippen LogP contribution in [0.25, 0.3) is 11.1 Å². The van der Waals surface area contributed by atoms with E-state index in [1.54, 1.807) is 24.3 Å². The predicted octanol–water partition coefficient (Wildman–Crippen LogP) is 3.28. The monoisotopic (exact) mass is 242 g/mol. The molecule has 0 N–H and O–H groups in total. The van der Waals surface area contributed by atoms with Crippen molar-refractivity contribution >= 4 is 22.6 Å². The number of halogens is 1. The molecule has 0 radical (unpaired) electrons. The van der Waals surface area contributed by atoms with Gasteiger partial charge in [0.25, 0.3) is 5.24 Å². The summed E-state index contributed by atoms with van der Waals surface area (Å²) in [4.78, 5) is 23.2. The maximum Gasteiger partial charge on any atom is 0.252 e. The molecule has 0 fully saturated rings. The van der Waals surface area contributed by atoms with Crippen LogP contribution in [0.1, 0.15) is 26.3 Å². The first kappa shape index (κ1) is 10.2. The number of carbonyl (C=O) groups excluding carboxylic acids is 2. The summed E-state index contributed by atoms with van der Waals surface area (Å²) in [5.41, 5.74) is 3.37. The number of rotatable bonds is 1. The van der Waals surface area contributed by atoms with Gasteiger partial charge in [-0.3, -0.25) is 9.59 Å². The van der Waals surface area contributed by atoms with Crippen LogP contribution in [0.4, 0.5) is 0 Å². The Kier molecular flexibility index (Phi) is 2.13. The van der Waals surface area contributed by atoms with Crippen LogP contribution in [-0.4, -0.2) is 11.0 Å². The van der Waals surface area contributed by atoms with Gasteiger partial charge in [0, 0.05) is 16.7 Å². The molecule has 0 aliphatic heterocycles. The van der Waals surface area contributed by atoms with E-state index in [0.717, 1.165) is 11.1 Å². The Labute approximate surface area is 103 Å². The van der Waals surface area contributed by atoms with Crippen LogP contribution in [0.15, 0.2) is 42.5 Å². The minimum Gasteiger partial charge on any atom is -0.289 e. The zero-order valence-corrected chi connectivity index (χ0v) is 9.49. The molecule has 0 unspecified atom stereocenters. The van der Waals surface area contributed by atoms with Gasteiger partial charge in [0.15, 0.2) is 5.78 Å². The summed E-state index contributed by atoms with van der Waals surface area (Å²) in [6.07, 6.45) is 0. The second kappa shape index (κ2) is 3.54. The Balaban J connectivity index is 2.28. The normalized spacial score (nSPS) is 12.2. The van der Waals surface area contributed by atoms with E-state index in [1.165, 1.54) is 0 Å². The molecule has 1 aliphatic carbocycles. The maximum absolute atomic E-state index is 12.1. The third-order valence-corrected chi connectivity index (χ3v) is 3.17. The summed E-state index contributed by atoms with van der Waals surface area (Å²) in [5, 5.41) is -0.545. The van der Waals surface area contributed by atoms with Crippen LogP contribution < -0.4 is 0 Å². The minimum atomic E-state index is -0.545. The summed E-state index contributed by atoms with van der Waals surface area (Å²) in [5.74, 6) is -0.0460. The average Bonchev–Trinajstić information content (AvgIpc) is 2.64. The van der Waals surface area contributed by atoms with Gasteiger partial charge < -0.3 is 0 Å². The largest absolute Gasteiger partial charge is 0.289 e. The molecule has 2 nitrogen and oxygen atoms in total. The van der Waals surface area contributed by atoms with Crippen LogP contribution in [0, 0.1) is 0 Å². The fraction of sp³-hybridized carbons (Fsp3) is 0.